The van der Waals surface area contributed by atoms with E-state index in [2.05, 4.69) is 29.1 Å². The third-order valence-corrected chi connectivity index (χ3v) is 2.77. The molecule has 4 nitrogen and oxygen atoms in total. The van der Waals surface area contributed by atoms with Gasteiger partial charge in [-0.1, -0.05) is 0 Å². The summed E-state index contributed by atoms with van der Waals surface area (Å²) in [5, 5.41) is 3.51. The van der Waals surface area contributed by atoms with E-state index in [9.17, 15) is 0 Å². The van der Waals surface area contributed by atoms with E-state index in [4.69, 9.17) is 4.74 Å². The second-order valence-electron chi connectivity index (χ2n) is 3.83. The lowest BCUT2D eigenvalue weighted by molar-refractivity contribution is 0.111. The van der Waals surface area contributed by atoms with E-state index in [0.29, 0.717) is 12.1 Å². The standard InChI is InChI=1S/C10H17N3O/c1-7(10-11-4-5-12-10)13-9-3-6-14-8(9)2/h4-5,7-9,13H,3,6H2,1-2H3,(H,11,12). The summed E-state index contributed by atoms with van der Waals surface area (Å²) in [6.07, 6.45) is 5.03. The summed E-state index contributed by atoms with van der Waals surface area (Å²) in [4.78, 5) is 7.34. The Morgan fingerprint density at radius 3 is 3.14 bits per heavy atom. The van der Waals surface area contributed by atoms with Crippen molar-refractivity contribution in [3.63, 3.8) is 0 Å². The SMILES string of the molecule is CC(NC1CCOC1C)c1ncc[nH]1. The molecule has 1 aliphatic rings. The molecule has 0 bridgehead atoms. The molecule has 78 valence electrons. The van der Waals surface area contributed by atoms with Gasteiger partial charge in [0.25, 0.3) is 0 Å². The van der Waals surface area contributed by atoms with Gasteiger partial charge >= 0.3 is 0 Å². The Bertz CT molecular complexity index is 273. The van der Waals surface area contributed by atoms with Gasteiger partial charge in [-0.2, -0.15) is 0 Å². The van der Waals surface area contributed by atoms with Crippen LogP contribution in [0.3, 0.4) is 0 Å². The molecule has 0 aliphatic carbocycles. The highest BCUT2D eigenvalue weighted by Gasteiger charge is 2.25. The molecule has 3 unspecified atom stereocenters. The summed E-state index contributed by atoms with van der Waals surface area (Å²) in [6, 6.07) is 0.717. The zero-order chi connectivity index (χ0) is 9.97. The molecule has 3 atom stereocenters. The lowest BCUT2D eigenvalue weighted by Gasteiger charge is -2.20. The average Bonchev–Trinajstić information content (AvgIpc) is 2.77. The predicted octanol–water partition coefficient (Wildman–Crippen LogP) is 1.24. The number of aromatic nitrogens is 2. The molecule has 2 rings (SSSR count). The number of hydrogen-bond donors (Lipinski definition) is 2. The van der Waals surface area contributed by atoms with Crippen molar-refractivity contribution in [2.45, 2.75) is 38.5 Å². The summed E-state index contributed by atoms with van der Waals surface area (Å²) in [5.74, 6) is 0.990. The van der Waals surface area contributed by atoms with Crippen LogP contribution in [0, 0.1) is 0 Å². The Morgan fingerprint density at radius 1 is 1.71 bits per heavy atom. The Kier molecular flexibility index (Phi) is 2.84. The molecule has 1 aromatic heterocycles. The quantitative estimate of drug-likeness (QED) is 0.763. The van der Waals surface area contributed by atoms with Crippen molar-refractivity contribution >= 4 is 0 Å². The topological polar surface area (TPSA) is 49.9 Å². The van der Waals surface area contributed by atoms with Gasteiger partial charge in [0.1, 0.15) is 5.82 Å². The smallest absolute Gasteiger partial charge is 0.122 e. The number of H-pyrrole nitrogens is 1. The van der Waals surface area contributed by atoms with Gasteiger partial charge in [-0.25, -0.2) is 4.98 Å². The van der Waals surface area contributed by atoms with Gasteiger partial charge in [0.15, 0.2) is 0 Å². The predicted molar refractivity (Wildman–Crippen MR) is 54.0 cm³/mol. The molecule has 0 saturated carbocycles. The molecule has 0 aromatic carbocycles. The van der Waals surface area contributed by atoms with Crippen LogP contribution in [-0.4, -0.2) is 28.7 Å². The molecule has 1 aromatic rings. The maximum absolute atomic E-state index is 5.49. The largest absolute Gasteiger partial charge is 0.377 e. The maximum Gasteiger partial charge on any atom is 0.122 e. The normalized spacial score (nSPS) is 29.3. The minimum absolute atomic E-state index is 0.263. The van der Waals surface area contributed by atoms with E-state index in [1.165, 1.54) is 0 Å². The van der Waals surface area contributed by atoms with Gasteiger partial charge < -0.3 is 15.0 Å². The highest BCUT2D eigenvalue weighted by molar-refractivity contribution is 4.95. The molecule has 0 spiro atoms. The van der Waals surface area contributed by atoms with Crippen molar-refractivity contribution in [1.82, 2.24) is 15.3 Å². The minimum atomic E-state index is 0.263. The van der Waals surface area contributed by atoms with Gasteiger partial charge in [-0.15, -0.1) is 0 Å². The molecular weight excluding hydrogens is 178 g/mol. The molecule has 0 radical (unpaired) electrons. The first-order valence-corrected chi connectivity index (χ1v) is 5.14. The van der Waals surface area contributed by atoms with E-state index < -0.39 is 0 Å². The molecule has 4 heteroatoms. The van der Waals surface area contributed by atoms with Gasteiger partial charge in [0.05, 0.1) is 12.1 Å². The molecule has 2 heterocycles. The van der Waals surface area contributed by atoms with Crippen molar-refractivity contribution in [2.75, 3.05) is 6.61 Å². The fourth-order valence-electron chi connectivity index (χ4n) is 1.86. The van der Waals surface area contributed by atoms with Crippen LogP contribution >= 0.6 is 0 Å². The van der Waals surface area contributed by atoms with Crippen LogP contribution in [0.2, 0.25) is 0 Å². The fourth-order valence-corrected chi connectivity index (χ4v) is 1.86. The maximum atomic E-state index is 5.49. The van der Waals surface area contributed by atoms with E-state index in [-0.39, 0.29) is 6.04 Å². The second-order valence-corrected chi connectivity index (χ2v) is 3.83. The number of imidazole rings is 1. The molecule has 1 saturated heterocycles. The molecule has 1 aliphatic heterocycles. The van der Waals surface area contributed by atoms with Crippen molar-refractivity contribution in [2.24, 2.45) is 0 Å². The van der Waals surface area contributed by atoms with Crippen LogP contribution in [0.1, 0.15) is 32.1 Å². The monoisotopic (exact) mass is 195 g/mol. The van der Waals surface area contributed by atoms with Crippen LogP contribution in [0.5, 0.6) is 0 Å². The Balaban J connectivity index is 1.91. The Hall–Kier alpha value is -0.870. The Morgan fingerprint density at radius 2 is 2.57 bits per heavy atom. The van der Waals surface area contributed by atoms with Crippen molar-refractivity contribution in [1.29, 1.82) is 0 Å². The number of rotatable bonds is 3. The lowest BCUT2D eigenvalue weighted by Crippen LogP contribution is -2.36. The molecule has 0 amide bonds. The van der Waals surface area contributed by atoms with E-state index >= 15 is 0 Å². The lowest BCUT2D eigenvalue weighted by atomic mass is 10.1. The van der Waals surface area contributed by atoms with Crippen LogP contribution < -0.4 is 5.32 Å². The van der Waals surface area contributed by atoms with Gasteiger partial charge in [0, 0.05) is 25.0 Å². The average molecular weight is 195 g/mol. The van der Waals surface area contributed by atoms with Crippen LogP contribution in [-0.2, 0) is 4.74 Å². The number of ether oxygens (including phenoxy) is 1. The van der Waals surface area contributed by atoms with Crippen molar-refractivity contribution < 1.29 is 4.74 Å². The first-order chi connectivity index (χ1) is 6.77. The summed E-state index contributed by atoms with van der Waals surface area (Å²) in [7, 11) is 0. The number of hydrogen-bond acceptors (Lipinski definition) is 3. The summed E-state index contributed by atoms with van der Waals surface area (Å²) < 4.78 is 5.49. The van der Waals surface area contributed by atoms with E-state index in [1.54, 1.807) is 6.20 Å². The zero-order valence-corrected chi connectivity index (χ0v) is 8.66. The summed E-state index contributed by atoms with van der Waals surface area (Å²) in [5.41, 5.74) is 0. The number of nitrogens with one attached hydrogen (secondary N) is 2. The highest BCUT2D eigenvalue weighted by Crippen LogP contribution is 2.16. The van der Waals surface area contributed by atoms with Crippen LogP contribution in [0.15, 0.2) is 12.4 Å². The van der Waals surface area contributed by atoms with E-state index in [1.807, 2.05) is 6.20 Å². The first-order valence-electron chi connectivity index (χ1n) is 5.14. The third kappa shape index (κ3) is 1.96. The molecule has 14 heavy (non-hydrogen) atoms. The van der Waals surface area contributed by atoms with Gasteiger partial charge in [0.2, 0.25) is 0 Å². The summed E-state index contributed by atoms with van der Waals surface area (Å²) >= 11 is 0. The van der Waals surface area contributed by atoms with Crippen LogP contribution in [0.25, 0.3) is 0 Å². The summed E-state index contributed by atoms with van der Waals surface area (Å²) in [6.45, 7) is 5.09. The van der Waals surface area contributed by atoms with Crippen molar-refractivity contribution in [3.05, 3.63) is 18.2 Å². The minimum Gasteiger partial charge on any atom is -0.377 e. The van der Waals surface area contributed by atoms with Gasteiger partial charge in [-0.3, -0.25) is 0 Å². The fraction of sp³-hybridized carbons (Fsp3) is 0.700. The van der Waals surface area contributed by atoms with E-state index in [0.717, 1.165) is 18.9 Å². The zero-order valence-electron chi connectivity index (χ0n) is 8.66. The number of aromatic amines is 1. The molecule has 2 N–H and O–H groups in total. The van der Waals surface area contributed by atoms with Crippen LogP contribution in [0.4, 0.5) is 0 Å². The molecule has 1 fully saturated rings. The molecular formula is C10H17N3O. The third-order valence-electron chi connectivity index (χ3n) is 2.77. The van der Waals surface area contributed by atoms with Gasteiger partial charge in [-0.05, 0) is 20.3 Å². The Labute approximate surface area is 84.1 Å². The van der Waals surface area contributed by atoms with Crippen molar-refractivity contribution in [3.8, 4) is 0 Å². The highest BCUT2D eigenvalue weighted by atomic mass is 16.5. The first kappa shape index (κ1) is 9.68. The number of nitrogens with zero attached hydrogens (tertiary/aromatic N) is 1. The second kappa shape index (κ2) is 4.11.